The lowest BCUT2D eigenvalue weighted by Crippen LogP contribution is -2.25. The van der Waals surface area contributed by atoms with Gasteiger partial charge in [-0.05, 0) is 25.1 Å². The van der Waals surface area contributed by atoms with E-state index in [-0.39, 0.29) is 22.5 Å². The molecule has 1 atom stereocenters. The molecule has 0 fully saturated rings. The lowest BCUT2D eigenvalue weighted by atomic mass is 10.2. The van der Waals surface area contributed by atoms with Crippen LogP contribution in [0.15, 0.2) is 18.2 Å². The fraction of sp³-hybridized carbons (Fsp3) is 0.364. The summed E-state index contributed by atoms with van der Waals surface area (Å²) in [6.07, 6.45) is 1.14. The highest BCUT2D eigenvalue weighted by Gasteiger charge is 2.12. The highest BCUT2D eigenvalue weighted by molar-refractivity contribution is 7.90. The molecule has 0 aliphatic rings. The second kappa shape index (κ2) is 5.62. The molecule has 100 valence electrons. The van der Waals surface area contributed by atoms with Gasteiger partial charge in [-0.15, -0.1) is 0 Å². The van der Waals surface area contributed by atoms with Crippen LogP contribution < -0.4 is 11.1 Å². The summed E-state index contributed by atoms with van der Waals surface area (Å²) in [5.74, 6) is -0.579. The van der Waals surface area contributed by atoms with E-state index in [4.69, 9.17) is 18.0 Å². The van der Waals surface area contributed by atoms with Crippen molar-refractivity contribution in [2.45, 2.75) is 13.0 Å². The fourth-order valence-corrected chi connectivity index (χ4v) is 2.67. The second-order valence-corrected chi connectivity index (χ2v) is 6.82. The third kappa shape index (κ3) is 4.58. The number of rotatable bonds is 5. The van der Waals surface area contributed by atoms with Crippen LogP contribution in [0, 0.1) is 5.82 Å². The van der Waals surface area contributed by atoms with Gasteiger partial charge in [0.2, 0.25) is 0 Å². The molecular weight excluding hydrogens is 275 g/mol. The molecule has 0 spiro atoms. The van der Waals surface area contributed by atoms with Crippen molar-refractivity contribution in [2.75, 3.05) is 17.3 Å². The maximum Gasteiger partial charge on any atom is 0.149 e. The Hall–Kier alpha value is -1.21. The Kier molecular flexibility index (Phi) is 4.64. The van der Waals surface area contributed by atoms with Gasteiger partial charge in [0.05, 0.1) is 11.4 Å². The average Bonchev–Trinajstić information content (AvgIpc) is 2.17. The van der Waals surface area contributed by atoms with Gasteiger partial charge in [-0.3, -0.25) is 0 Å². The summed E-state index contributed by atoms with van der Waals surface area (Å²) in [5, 5.41) is 2.79. The summed E-state index contributed by atoms with van der Waals surface area (Å²) in [5.41, 5.74) is 6.04. The average molecular weight is 290 g/mol. The smallest absolute Gasteiger partial charge is 0.149 e. The number of thiocarbonyl (C=S) groups is 1. The highest BCUT2D eigenvalue weighted by atomic mass is 32.2. The third-order valence-corrected chi connectivity index (χ3v) is 3.55. The van der Waals surface area contributed by atoms with E-state index in [2.05, 4.69) is 5.32 Å². The molecule has 7 heteroatoms. The van der Waals surface area contributed by atoms with Crippen molar-refractivity contribution >= 4 is 32.7 Å². The normalized spacial score (nSPS) is 13.1. The number of nitrogens with two attached hydrogens (primary N) is 1. The molecule has 1 rings (SSSR count). The van der Waals surface area contributed by atoms with E-state index < -0.39 is 15.7 Å². The molecule has 1 aromatic rings. The summed E-state index contributed by atoms with van der Waals surface area (Å²) in [6.45, 7) is 1.67. The Morgan fingerprint density at radius 1 is 1.56 bits per heavy atom. The van der Waals surface area contributed by atoms with Gasteiger partial charge in [-0.25, -0.2) is 12.8 Å². The molecule has 4 nitrogen and oxygen atoms in total. The molecule has 0 radical (unpaired) electrons. The van der Waals surface area contributed by atoms with Crippen molar-refractivity contribution in [2.24, 2.45) is 5.73 Å². The van der Waals surface area contributed by atoms with E-state index in [0.717, 1.165) is 6.26 Å². The monoisotopic (exact) mass is 290 g/mol. The number of sulfone groups is 1. The minimum Gasteiger partial charge on any atom is -0.389 e. The standard InChI is InChI=1S/C11H15FN2O2S2/c1-7(6-18(2,15)16)14-10-4-3-8(11(13)17)5-9(10)12/h3-5,7,14H,6H2,1-2H3,(H2,13,17). The van der Waals surface area contributed by atoms with E-state index in [1.54, 1.807) is 13.0 Å². The lowest BCUT2D eigenvalue weighted by Gasteiger charge is -2.15. The van der Waals surface area contributed by atoms with Crippen LogP contribution in [0.2, 0.25) is 0 Å². The Morgan fingerprint density at radius 2 is 2.17 bits per heavy atom. The first kappa shape index (κ1) is 14.8. The van der Waals surface area contributed by atoms with Gasteiger partial charge in [0.15, 0.2) is 0 Å². The van der Waals surface area contributed by atoms with Crippen molar-refractivity contribution in [3.63, 3.8) is 0 Å². The maximum absolute atomic E-state index is 13.7. The van der Waals surface area contributed by atoms with Crippen molar-refractivity contribution in [1.82, 2.24) is 0 Å². The number of anilines is 1. The Balaban J connectivity index is 2.83. The number of benzene rings is 1. The Labute approximate surface area is 111 Å². The number of hydrogen-bond acceptors (Lipinski definition) is 4. The molecule has 0 aromatic heterocycles. The van der Waals surface area contributed by atoms with Crippen LogP contribution in [0.3, 0.4) is 0 Å². The van der Waals surface area contributed by atoms with Crippen LogP contribution in [0.5, 0.6) is 0 Å². The summed E-state index contributed by atoms with van der Waals surface area (Å²) in [6, 6.07) is 3.91. The molecule has 1 unspecified atom stereocenters. The minimum atomic E-state index is -3.10. The van der Waals surface area contributed by atoms with E-state index in [1.807, 2.05) is 0 Å². The molecule has 0 amide bonds. The summed E-state index contributed by atoms with van der Waals surface area (Å²) in [4.78, 5) is 0.115. The molecule has 0 saturated heterocycles. The summed E-state index contributed by atoms with van der Waals surface area (Å²) >= 11 is 4.74. The van der Waals surface area contributed by atoms with Gasteiger partial charge in [0.1, 0.15) is 20.6 Å². The predicted octanol–water partition coefficient (Wildman–Crippen LogP) is 1.30. The molecule has 0 heterocycles. The van der Waals surface area contributed by atoms with Gasteiger partial charge in [0, 0.05) is 17.9 Å². The highest BCUT2D eigenvalue weighted by Crippen LogP contribution is 2.17. The summed E-state index contributed by atoms with van der Waals surface area (Å²) in [7, 11) is -3.10. The molecule has 0 bridgehead atoms. The topological polar surface area (TPSA) is 72.2 Å². The molecular formula is C11H15FN2O2S2. The van der Waals surface area contributed by atoms with Crippen molar-refractivity contribution in [3.05, 3.63) is 29.6 Å². The molecule has 18 heavy (non-hydrogen) atoms. The van der Waals surface area contributed by atoms with Gasteiger partial charge in [0.25, 0.3) is 0 Å². The van der Waals surface area contributed by atoms with Crippen LogP contribution in [0.25, 0.3) is 0 Å². The van der Waals surface area contributed by atoms with Crippen molar-refractivity contribution in [1.29, 1.82) is 0 Å². The Bertz CT molecular complexity index is 558. The van der Waals surface area contributed by atoms with Crippen LogP contribution >= 0.6 is 12.2 Å². The van der Waals surface area contributed by atoms with E-state index in [9.17, 15) is 12.8 Å². The third-order valence-electron chi connectivity index (χ3n) is 2.21. The molecule has 1 aromatic carbocycles. The molecule has 0 aliphatic heterocycles. The first-order valence-corrected chi connectivity index (χ1v) is 7.69. The number of nitrogens with one attached hydrogen (secondary N) is 1. The van der Waals surface area contributed by atoms with E-state index in [0.29, 0.717) is 5.56 Å². The van der Waals surface area contributed by atoms with Gasteiger partial charge in [-0.1, -0.05) is 12.2 Å². The van der Waals surface area contributed by atoms with Crippen molar-refractivity contribution < 1.29 is 12.8 Å². The Morgan fingerprint density at radius 3 is 2.61 bits per heavy atom. The van der Waals surface area contributed by atoms with Crippen LogP contribution in [-0.4, -0.2) is 31.5 Å². The zero-order chi connectivity index (χ0) is 13.9. The SMILES string of the molecule is CC(CS(C)(=O)=O)Nc1ccc(C(N)=S)cc1F. The quantitative estimate of drug-likeness (QED) is 0.800. The second-order valence-electron chi connectivity index (χ2n) is 4.20. The largest absolute Gasteiger partial charge is 0.389 e. The lowest BCUT2D eigenvalue weighted by molar-refractivity contribution is 0.596. The van der Waals surface area contributed by atoms with Crippen LogP contribution in [0.4, 0.5) is 10.1 Å². The number of hydrogen-bond donors (Lipinski definition) is 2. The maximum atomic E-state index is 13.7. The molecule has 0 aliphatic carbocycles. The summed E-state index contributed by atoms with van der Waals surface area (Å²) < 4.78 is 35.9. The molecule has 3 N–H and O–H groups in total. The minimum absolute atomic E-state index is 0.0660. The zero-order valence-electron chi connectivity index (χ0n) is 10.1. The van der Waals surface area contributed by atoms with Gasteiger partial charge >= 0.3 is 0 Å². The fourth-order valence-electron chi connectivity index (χ4n) is 1.55. The van der Waals surface area contributed by atoms with Gasteiger partial charge in [-0.2, -0.15) is 0 Å². The van der Waals surface area contributed by atoms with E-state index in [1.165, 1.54) is 12.1 Å². The zero-order valence-corrected chi connectivity index (χ0v) is 11.7. The number of halogens is 1. The molecule has 0 saturated carbocycles. The first-order chi connectivity index (χ1) is 8.19. The first-order valence-electron chi connectivity index (χ1n) is 5.22. The van der Waals surface area contributed by atoms with Crippen molar-refractivity contribution in [3.8, 4) is 0 Å². The predicted molar refractivity (Wildman–Crippen MR) is 75.1 cm³/mol. The van der Waals surface area contributed by atoms with Crippen LogP contribution in [-0.2, 0) is 9.84 Å². The van der Waals surface area contributed by atoms with Crippen LogP contribution in [0.1, 0.15) is 12.5 Å². The van der Waals surface area contributed by atoms with Gasteiger partial charge < -0.3 is 11.1 Å². The van der Waals surface area contributed by atoms with E-state index >= 15 is 0 Å².